The van der Waals surface area contributed by atoms with Crippen LogP contribution in [0.1, 0.15) is 0 Å². The van der Waals surface area contributed by atoms with Crippen molar-refractivity contribution in [2.75, 3.05) is 0 Å². The highest BCUT2D eigenvalue weighted by Crippen LogP contribution is 2.30. The van der Waals surface area contributed by atoms with Crippen molar-refractivity contribution in [1.82, 2.24) is 0 Å². The van der Waals surface area contributed by atoms with Crippen LogP contribution < -0.4 is 0 Å². The van der Waals surface area contributed by atoms with E-state index in [0.717, 1.165) is 0 Å². The molecule has 0 aromatic heterocycles. The van der Waals surface area contributed by atoms with Crippen molar-refractivity contribution in [3.8, 4) is 0 Å². The van der Waals surface area contributed by atoms with Gasteiger partial charge in [0.15, 0.2) is 0 Å². The maximum Gasteiger partial charge on any atom is 0.432 e. The van der Waals surface area contributed by atoms with Crippen molar-refractivity contribution < 1.29 is 27.8 Å². The Hall–Kier alpha value is -1.20. The largest absolute Gasteiger partial charge is 0.508 e. The van der Waals surface area contributed by atoms with Crippen molar-refractivity contribution in [2.24, 2.45) is 0 Å². The molecule has 1 rings (SSSR count). The third-order valence-electron chi connectivity index (χ3n) is 1.07. The van der Waals surface area contributed by atoms with Gasteiger partial charge in [-0.2, -0.15) is 13.2 Å². The van der Waals surface area contributed by atoms with Gasteiger partial charge in [0.25, 0.3) is 6.10 Å². The van der Waals surface area contributed by atoms with Crippen LogP contribution in [0.5, 0.6) is 0 Å². The number of esters is 1. The fourth-order valence-corrected chi connectivity index (χ4v) is 0.641. The Balaban J connectivity index is 2.80. The maximum atomic E-state index is 11.7. The number of rotatable bonds is 0. The Morgan fingerprint density at radius 2 is 2.09 bits per heavy atom. The Labute approximate surface area is 59.1 Å². The van der Waals surface area contributed by atoms with Crippen molar-refractivity contribution in [2.45, 2.75) is 12.3 Å². The second-order valence-electron chi connectivity index (χ2n) is 1.93. The smallest absolute Gasteiger partial charge is 0.432 e. The average molecular weight is 168 g/mol. The van der Waals surface area contributed by atoms with E-state index in [9.17, 15) is 18.0 Å². The zero-order chi connectivity index (χ0) is 8.65. The first-order chi connectivity index (χ1) is 4.91. The van der Waals surface area contributed by atoms with Gasteiger partial charge >= 0.3 is 12.1 Å². The summed E-state index contributed by atoms with van der Waals surface area (Å²) in [6.45, 7) is 0. The minimum absolute atomic E-state index is 0.401. The molecule has 1 aliphatic heterocycles. The summed E-state index contributed by atoms with van der Waals surface area (Å²) in [5, 5.41) is 8.49. The lowest BCUT2D eigenvalue weighted by molar-refractivity contribution is -0.208. The molecule has 0 aromatic carbocycles. The molecule has 1 aliphatic rings. The molecule has 0 spiro atoms. The number of hydrogen-bond donors (Lipinski definition) is 1. The summed E-state index contributed by atoms with van der Waals surface area (Å²) in [6, 6.07) is 0. The second kappa shape index (κ2) is 2.14. The quantitative estimate of drug-likeness (QED) is 0.547. The highest BCUT2D eigenvalue weighted by Gasteiger charge is 2.48. The van der Waals surface area contributed by atoms with Crippen molar-refractivity contribution in [1.29, 1.82) is 0 Å². The minimum Gasteiger partial charge on any atom is -0.508 e. The van der Waals surface area contributed by atoms with Gasteiger partial charge in [0.05, 0.1) is 6.08 Å². The topological polar surface area (TPSA) is 46.5 Å². The summed E-state index contributed by atoms with van der Waals surface area (Å²) in [5.41, 5.74) is 0. The molecule has 6 heteroatoms. The molecule has 62 valence electrons. The van der Waals surface area contributed by atoms with Crippen LogP contribution in [0.25, 0.3) is 0 Å². The van der Waals surface area contributed by atoms with Crippen molar-refractivity contribution >= 4 is 5.97 Å². The third-order valence-corrected chi connectivity index (χ3v) is 1.07. The fraction of sp³-hybridized carbons (Fsp3) is 0.400. The summed E-state index contributed by atoms with van der Waals surface area (Å²) in [7, 11) is 0. The van der Waals surface area contributed by atoms with E-state index in [0.29, 0.717) is 6.08 Å². The minimum atomic E-state index is -4.73. The molecule has 3 nitrogen and oxygen atoms in total. The highest BCUT2D eigenvalue weighted by molar-refractivity contribution is 5.85. The molecule has 0 fully saturated rings. The van der Waals surface area contributed by atoms with Gasteiger partial charge in [0, 0.05) is 0 Å². The molecule has 1 heterocycles. The third kappa shape index (κ3) is 1.44. The second-order valence-corrected chi connectivity index (χ2v) is 1.93. The number of alkyl halides is 3. The maximum absolute atomic E-state index is 11.7. The van der Waals surface area contributed by atoms with Crippen LogP contribution in [-0.2, 0) is 9.53 Å². The standard InChI is InChI=1S/C5H3F3O3/c6-5(7,8)4-2(9)1-3(10)11-4/h1,4,9H. The molecule has 1 atom stereocenters. The van der Waals surface area contributed by atoms with E-state index >= 15 is 0 Å². The highest BCUT2D eigenvalue weighted by atomic mass is 19.4. The predicted molar refractivity (Wildman–Crippen MR) is 26.6 cm³/mol. The molecule has 0 amide bonds. The van der Waals surface area contributed by atoms with Gasteiger partial charge in [-0.15, -0.1) is 0 Å². The first-order valence-electron chi connectivity index (χ1n) is 2.59. The summed E-state index contributed by atoms with van der Waals surface area (Å²) in [5.74, 6) is -2.27. The number of halogens is 3. The number of hydrogen-bond acceptors (Lipinski definition) is 3. The number of carbonyl (C=O) groups is 1. The molecule has 1 N–H and O–H groups in total. The first-order valence-corrected chi connectivity index (χ1v) is 2.59. The average Bonchev–Trinajstić information content (AvgIpc) is 2.08. The van der Waals surface area contributed by atoms with Crippen LogP contribution >= 0.6 is 0 Å². The van der Waals surface area contributed by atoms with Gasteiger partial charge in [-0.3, -0.25) is 0 Å². The number of ether oxygens (including phenoxy) is 1. The van der Waals surface area contributed by atoms with E-state index in [2.05, 4.69) is 4.74 Å². The van der Waals surface area contributed by atoms with Crippen LogP contribution in [-0.4, -0.2) is 23.4 Å². The summed E-state index contributed by atoms with van der Waals surface area (Å²) in [4.78, 5) is 10.2. The van der Waals surface area contributed by atoms with E-state index in [1.165, 1.54) is 0 Å². The number of cyclic esters (lactones) is 1. The van der Waals surface area contributed by atoms with Crippen molar-refractivity contribution in [3.05, 3.63) is 11.8 Å². The van der Waals surface area contributed by atoms with Gasteiger partial charge in [-0.1, -0.05) is 0 Å². The lowest BCUT2D eigenvalue weighted by Crippen LogP contribution is -2.31. The SMILES string of the molecule is O=C1C=C(O)C(C(F)(F)F)O1. The van der Waals surface area contributed by atoms with Crippen molar-refractivity contribution in [3.63, 3.8) is 0 Å². The molecule has 1 unspecified atom stereocenters. The molecule has 0 saturated heterocycles. The van der Waals surface area contributed by atoms with Crippen LogP contribution in [0, 0.1) is 0 Å². The molecule has 11 heavy (non-hydrogen) atoms. The summed E-state index contributed by atoms with van der Waals surface area (Å²) in [6.07, 6.45) is -6.81. The lowest BCUT2D eigenvalue weighted by atomic mass is 10.3. The fourth-order valence-electron chi connectivity index (χ4n) is 0.641. The zero-order valence-electron chi connectivity index (χ0n) is 5.05. The van der Waals surface area contributed by atoms with E-state index in [-0.39, 0.29) is 0 Å². The van der Waals surface area contributed by atoms with Gasteiger partial charge in [0.2, 0.25) is 0 Å². The Kier molecular flexibility index (Phi) is 1.54. The van der Waals surface area contributed by atoms with E-state index in [4.69, 9.17) is 5.11 Å². The van der Waals surface area contributed by atoms with Gasteiger partial charge in [0.1, 0.15) is 5.76 Å². The zero-order valence-corrected chi connectivity index (χ0v) is 5.05. The first kappa shape index (κ1) is 7.90. The molecule has 0 bridgehead atoms. The normalized spacial score (nSPS) is 24.8. The lowest BCUT2D eigenvalue weighted by Gasteiger charge is -2.13. The number of aliphatic hydroxyl groups is 1. The Morgan fingerprint density at radius 3 is 2.27 bits per heavy atom. The molecular weight excluding hydrogens is 165 g/mol. The molecular formula is C5H3F3O3. The molecule has 0 aliphatic carbocycles. The van der Waals surface area contributed by atoms with Gasteiger partial charge < -0.3 is 9.84 Å². The van der Waals surface area contributed by atoms with E-state index in [1.54, 1.807) is 0 Å². The van der Waals surface area contributed by atoms with E-state index < -0.39 is 24.0 Å². The van der Waals surface area contributed by atoms with Crippen LogP contribution in [0.15, 0.2) is 11.8 Å². The molecule has 0 aromatic rings. The molecule has 0 radical (unpaired) electrons. The summed E-state index contributed by atoms with van der Waals surface area (Å²) < 4.78 is 38.9. The van der Waals surface area contributed by atoms with Crippen LogP contribution in [0.3, 0.4) is 0 Å². The monoisotopic (exact) mass is 168 g/mol. The van der Waals surface area contributed by atoms with Crippen LogP contribution in [0.2, 0.25) is 0 Å². The Bertz CT molecular complexity index is 218. The Morgan fingerprint density at radius 1 is 1.55 bits per heavy atom. The van der Waals surface area contributed by atoms with E-state index in [1.807, 2.05) is 0 Å². The molecule has 0 saturated carbocycles. The van der Waals surface area contributed by atoms with Crippen LogP contribution in [0.4, 0.5) is 13.2 Å². The van der Waals surface area contributed by atoms with Gasteiger partial charge in [-0.25, -0.2) is 4.79 Å². The number of aliphatic hydroxyl groups excluding tert-OH is 1. The van der Waals surface area contributed by atoms with Gasteiger partial charge in [-0.05, 0) is 0 Å². The number of carbonyl (C=O) groups excluding carboxylic acids is 1. The predicted octanol–water partition coefficient (Wildman–Crippen LogP) is 0.916. The summed E-state index contributed by atoms with van der Waals surface area (Å²) >= 11 is 0.